The summed E-state index contributed by atoms with van der Waals surface area (Å²) in [6.45, 7) is 1.70. The van der Waals surface area contributed by atoms with Gasteiger partial charge in [-0.25, -0.2) is 9.78 Å². The van der Waals surface area contributed by atoms with Crippen LogP contribution in [0.2, 0.25) is 0 Å². The zero-order valence-electron chi connectivity index (χ0n) is 12.9. The maximum Gasteiger partial charge on any atom is 0.328 e. The Morgan fingerprint density at radius 2 is 2.25 bits per heavy atom. The molecule has 1 aliphatic heterocycles. The van der Waals surface area contributed by atoms with Crippen molar-refractivity contribution in [1.82, 2.24) is 29.8 Å². The van der Waals surface area contributed by atoms with E-state index in [1.807, 2.05) is 0 Å². The van der Waals surface area contributed by atoms with Crippen molar-refractivity contribution >= 4 is 22.8 Å². The molecule has 3 aromatic heterocycles. The molecule has 0 bridgehead atoms. The molecule has 3 aromatic rings. The van der Waals surface area contributed by atoms with Crippen molar-refractivity contribution in [3.63, 3.8) is 0 Å². The fourth-order valence-electron chi connectivity index (χ4n) is 3.01. The molecule has 0 saturated carbocycles. The first kappa shape index (κ1) is 14.6. The number of anilines is 2. The van der Waals surface area contributed by atoms with Gasteiger partial charge in [0, 0.05) is 12.7 Å². The van der Waals surface area contributed by atoms with Crippen LogP contribution in [0.5, 0.6) is 0 Å². The van der Waals surface area contributed by atoms with Crippen LogP contribution in [0.4, 0.5) is 11.6 Å². The summed E-state index contributed by atoms with van der Waals surface area (Å²) in [6.07, 6.45) is 5.04. The van der Waals surface area contributed by atoms with Gasteiger partial charge in [0.15, 0.2) is 5.65 Å². The highest BCUT2D eigenvalue weighted by Crippen LogP contribution is 2.20. The maximum absolute atomic E-state index is 12.3. The molecule has 0 aliphatic carbocycles. The van der Waals surface area contributed by atoms with Crippen molar-refractivity contribution in [3.8, 4) is 0 Å². The van der Waals surface area contributed by atoms with Gasteiger partial charge in [0.2, 0.25) is 5.95 Å². The Bertz CT molecular complexity index is 981. The number of hydrogen-bond donors (Lipinski definition) is 4. The lowest BCUT2D eigenvalue weighted by atomic mass is 10.1. The van der Waals surface area contributed by atoms with Crippen LogP contribution in [0.25, 0.3) is 11.2 Å². The molecule has 0 aromatic carbocycles. The number of nitrogens with zero attached hydrogens (tertiary/aromatic N) is 3. The molecule has 1 aliphatic rings. The molecule has 0 radical (unpaired) electrons. The highest BCUT2D eigenvalue weighted by molar-refractivity contribution is 5.72. The molecule has 24 heavy (non-hydrogen) atoms. The minimum absolute atomic E-state index is 0.0582. The van der Waals surface area contributed by atoms with E-state index in [9.17, 15) is 9.59 Å². The number of rotatable bonds is 3. The van der Waals surface area contributed by atoms with Gasteiger partial charge in [-0.3, -0.25) is 9.36 Å². The van der Waals surface area contributed by atoms with Gasteiger partial charge in [-0.15, -0.1) is 0 Å². The van der Waals surface area contributed by atoms with E-state index < -0.39 is 0 Å². The van der Waals surface area contributed by atoms with E-state index in [4.69, 9.17) is 0 Å². The van der Waals surface area contributed by atoms with Gasteiger partial charge in [-0.1, -0.05) is 0 Å². The second kappa shape index (κ2) is 5.93. The van der Waals surface area contributed by atoms with Crippen LogP contribution in [-0.4, -0.2) is 37.6 Å². The van der Waals surface area contributed by atoms with Crippen LogP contribution in [0.1, 0.15) is 18.9 Å². The van der Waals surface area contributed by atoms with Crippen LogP contribution < -0.4 is 21.9 Å². The van der Waals surface area contributed by atoms with E-state index in [-0.39, 0.29) is 23.2 Å². The summed E-state index contributed by atoms with van der Waals surface area (Å²) in [7, 11) is 0. The molecule has 0 spiro atoms. The molecule has 1 saturated heterocycles. The van der Waals surface area contributed by atoms with E-state index >= 15 is 0 Å². The molecular weight excluding hydrogens is 310 g/mol. The van der Waals surface area contributed by atoms with Crippen molar-refractivity contribution in [2.45, 2.75) is 18.9 Å². The van der Waals surface area contributed by atoms with Crippen LogP contribution in [0.15, 0.2) is 34.1 Å². The predicted octanol–water partition coefficient (Wildman–Crippen LogP) is 0.476. The number of imidazole rings is 1. The number of fused-ring (bicyclic) bond motifs is 1. The Kier molecular flexibility index (Phi) is 3.62. The third-order valence-electron chi connectivity index (χ3n) is 4.16. The number of piperidine rings is 1. The van der Waals surface area contributed by atoms with E-state index in [1.165, 1.54) is 0 Å². The number of H-pyrrole nitrogens is 2. The highest BCUT2D eigenvalue weighted by atomic mass is 16.1. The molecule has 0 unspecified atom stereocenters. The fourth-order valence-corrected chi connectivity index (χ4v) is 3.01. The fraction of sp³-hybridized carbons (Fsp3) is 0.333. The SMILES string of the molecule is O=c1[nH]cccc1Nc1ncc2[nH]c(=O)n([C@H]3CCCNC3)c2n1. The molecule has 4 heterocycles. The van der Waals surface area contributed by atoms with E-state index in [1.54, 1.807) is 29.1 Å². The number of hydrogen-bond acceptors (Lipinski definition) is 6. The highest BCUT2D eigenvalue weighted by Gasteiger charge is 2.21. The lowest BCUT2D eigenvalue weighted by Crippen LogP contribution is -2.35. The normalized spacial score (nSPS) is 17.9. The lowest BCUT2D eigenvalue weighted by molar-refractivity contribution is 0.370. The summed E-state index contributed by atoms with van der Waals surface area (Å²) in [4.78, 5) is 38.0. The summed E-state index contributed by atoms with van der Waals surface area (Å²) in [5.41, 5.74) is 1.02. The van der Waals surface area contributed by atoms with Crippen molar-refractivity contribution in [2.75, 3.05) is 18.4 Å². The second-order valence-corrected chi connectivity index (χ2v) is 5.77. The van der Waals surface area contributed by atoms with Gasteiger partial charge in [-0.05, 0) is 31.5 Å². The maximum atomic E-state index is 12.3. The molecule has 1 atom stereocenters. The Morgan fingerprint density at radius 1 is 1.33 bits per heavy atom. The standard InChI is InChI=1S/C15H17N7O2/c23-13-10(4-2-6-17-13)19-14-18-8-11-12(21-14)22(15(24)20-11)9-3-1-5-16-7-9/h2,4,6,8-9,16H,1,3,5,7H2,(H,17,23)(H,20,24)(H,18,19,21)/t9-/m0/s1. The molecule has 4 N–H and O–H groups in total. The van der Waals surface area contributed by atoms with E-state index in [2.05, 4.69) is 30.6 Å². The van der Waals surface area contributed by atoms with Gasteiger partial charge in [0.1, 0.15) is 11.2 Å². The summed E-state index contributed by atoms with van der Waals surface area (Å²) < 4.78 is 1.67. The summed E-state index contributed by atoms with van der Waals surface area (Å²) >= 11 is 0. The number of aromatic nitrogens is 5. The van der Waals surface area contributed by atoms with Crippen molar-refractivity contribution < 1.29 is 0 Å². The van der Waals surface area contributed by atoms with Gasteiger partial charge in [0.25, 0.3) is 5.56 Å². The molecule has 124 valence electrons. The van der Waals surface area contributed by atoms with Gasteiger partial charge in [0.05, 0.1) is 12.2 Å². The van der Waals surface area contributed by atoms with Crippen molar-refractivity contribution in [3.05, 3.63) is 45.4 Å². The van der Waals surface area contributed by atoms with Crippen LogP contribution in [0, 0.1) is 0 Å². The Morgan fingerprint density at radius 3 is 3.04 bits per heavy atom. The van der Waals surface area contributed by atoms with Gasteiger partial charge < -0.3 is 20.6 Å². The smallest absolute Gasteiger partial charge is 0.327 e. The monoisotopic (exact) mass is 327 g/mol. The minimum Gasteiger partial charge on any atom is -0.327 e. The lowest BCUT2D eigenvalue weighted by Gasteiger charge is -2.23. The van der Waals surface area contributed by atoms with Crippen LogP contribution >= 0.6 is 0 Å². The average Bonchev–Trinajstić information content (AvgIpc) is 2.93. The molecule has 9 nitrogen and oxygen atoms in total. The molecule has 4 rings (SSSR count). The Balaban J connectivity index is 1.75. The summed E-state index contributed by atoms with van der Waals surface area (Å²) in [6, 6.07) is 3.41. The number of aromatic amines is 2. The third kappa shape index (κ3) is 2.58. The third-order valence-corrected chi connectivity index (χ3v) is 4.16. The van der Waals surface area contributed by atoms with Crippen LogP contribution in [-0.2, 0) is 0 Å². The van der Waals surface area contributed by atoms with E-state index in [0.717, 1.165) is 25.9 Å². The van der Waals surface area contributed by atoms with E-state index in [0.29, 0.717) is 16.9 Å². The molecule has 1 fully saturated rings. The quantitative estimate of drug-likeness (QED) is 0.555. The molecule has 9 heteroatoms. The zero-order valence-corrected chi connectivity index (χ0v) is 12.9. The first-order valence-electron chi connectivity index (χ1n) is 7.85. The second-order valence-electron chi connectivity index (χ2n) is 5.77. The largest absolute Gasteiger partial charge is 0.328 e. The number of nitrogens with one attached hydrogen (secondary N) is 4. The topological polar surface area (TPSA) is 120 Å². The summed E-state index contributed by atoms with van der Waals surface area (Å²) in [5.74, 6) is 0.274. The Hall–Kier alpha value is -2.94. The Labute approximate surface area is 136 Å². The van der Waals surface area contributed by atoms with Crippen LogP contribution in [0.3, 0.4) is 0 Å². The predicted molar refractivity (Wildman–Crippen MR) is 89.6 cm³/mol. The van der Waals surface area contributed by atoms with Gasteiger partial charge >= 0.3 is 5.69 Å². The summed E-state index contributed by atoms with van der Waals surface area (Å²) in [5, 5.41) is 6.19. The minimum atomic E-state index is -0.260. The van der Waals surface area contributed by atoms with Crippen molar-refractivity contribution in [2.24, 2.45) is 0 Å². The van der Waals surface area contributed by atoms with Crippen molar-refractivity contribution in [1.29, 1.82) is 0 Å². The molecule has 0 amide bonds. The number of pyridine rings is 1. The van der Waals surface area contributed by atoms with Gasteiger partial charge in [-0.2, -0.15) is 4.98 Å². The first-order chi connectivity index (χ1) is 11.7. The first-order valence-corrected chi connectivity index (χ1v) is 7.85. The average molecular weight is 327 g/mol. The zero-order chi connectivity index (χ0) is 16.5. The molecular formula is C15H17N7O2.